The number of nitrogens with one attached hydrogen (secondary N) is 2. The van der Waals surface area contributed by atoms with E-state index in [0.29, 0.717) is 24.0 Å². The Morgan fingerprint density at radius 3 is 2.39 bits per heavy atom. The Balaban J connectivity index is 1.75. The molecule has 6 nitrogen and oxygen atoms in total. The van der Waals surface area contributed by atoms with Crippen molar-refractivity contribution in [1.29, 1.82) is 0 Å². The van der Waals surface area contributed by atoms with Crippen LogP contribution in [0.25, 0.3) is 0 Å². The van der Waals surface area contributed by atoms with Gasteiger partial charge in [-0.15, -0.1) is 0 Å². The number of rotatable bonds is 7. The second kappa shape index (κ2) is 8.61. The number of aryl methyl sites for hydroxylation is 3. The molecule has 0 radical (unpaired) electrons. The van der Waals surface area contributed by atoms with Crippen molar-refractivity contribution in [3.63, 3.8) is 0 Å². The monoisotopic (exact) mass is 378 g/mol. The molecule has 0 fully saturated rings. The number of hydrogen-bond acceptors (Lipinski definition) is 6. The lowest BCUT2D eigenvalue weighted by Crippen LogP contribution is -2.07. The summed E-state index contributed by atoms with van der Waals surface area (Å²) in [7, 11) is 3.25. The lowest BCUT2D eigenvalue weighted by molar-refractivity contribution is 0.354. The van der Waals surface area contributed by atoms with E-state index in [-0.39, 0.29) is 0 Å². The smallest absolute Gasteiger partial charge is 0.225 e. The zero-order valence-corrected chi connectivity index (χ0v) is 17.0. The summed E-state index contributed by atoms with van der Waals surface area (Å²) in [5, 5.41) is 6.68. The molecule has 3 aromatic rings. The van der Waals surface area contributed by atoms with Gasteiger partial charge in [-0.2, -0.15) is 4.98 Å². The number of ether oxygens (including phenoxy) is 2. The molecule has 0 saturated heterocycles. The Morgan fingerprint density at radius 1 is 0.857 bits per heavy atom. The number of nitrogens with zero attached hydrogens (tertiary/aromatic N) is 2. The molecule has 6 heteroatoms. The van der Waals surface area contributed by atoms with E-state index in [1.54, 1.807) is 14.2 Å². The Kier molecular flexibility index (Phi) is 5.99. The van der Waals surface area contributed by atoms with Crippen molar-refractivity contribution in [2.75, 3.05) is 24.9 Å². The zero-order valence-electron chi connectivity index (χ0n) is 17.0. The molecule has 0 amide bonds. The summed E-state index contributed by atoms with van der Waals surface area (Å²) in [4.78, 5) is 9.09. The number of aromatic nitrogens is 2. The quantitative estimate of drug-likeness (QED) is 0.617. The highest BCUT2D eigenvalue weighted by Gasteiger charge is 2.07. The van der Waals surface area contributed by atoms with Crippen molar-refractivity contribution in [2.45, 2.75) is 27.3 Å². The van der Waals surface area contributed by atoms with Crippen LogP contribution in [0.4, 0.5) is 17.5 Å². The molecule has 3 rings (SSSR count). The highest BCUT2D eigenvalue weighted by atomic mass is 16.5. The molecule has 0 bridgehead atoms. The van der Waals surface area contributed by atoms with Gasteiger partial charge in [-0.05, 0) is 55.7 Å². The Hall–Kier alpha value is -3.28. The molecule has 2 N–H and O–H groups in total. The summed E-state index contributed by atoms with van der Waals surface area (Å²) in [6.07, 6.45) is 0. The molecule has 0 saturated carbocycles. The third-order valence-corrected chi connectivity index (χ3v) is 4.41. The van der Waals surface area contributed by atoms with Crippen LogP contribution in [-0.4, -0.2) is 24.2 Å². The van der Waals surface area contributed by atoms with Crippen LogP contribution >= 0.6 is 0 Å². The molecule has 28 heavy (non-hydrogen) atoms. The number of benzene rings is 2. The fourth-order valence-corrected chi connectivity index (χ4v) is 2.89. The third-order valence-electron chi connectivity index (χ3n) is 4.41. The Bertz CT molecular complexity index is 973. The van der Waals surface area contributed by atoms with Gasteiger partial charge in [0.1, 0.15) is 5.82 Å². The highest BCUT2D eigenvalue weighted by Crippen LogP contribution is 2.28. The number of anilines is 3. The molecular weight excluding hydrogens is 352 g/mol. The molecule has 0 aliphatic rings. The first kappa shape index (κ1) is 19.5. The minimum atomic E-state index is 0.572. The molecule has 146 valence electrons. The van der Waals surface area contributed by atoms with Gasteiger partial charge in [0.15, 0.2) is 11.5 Å². The van der Waals surface area contributed by atoms with E-state index < -0.39 is 0 Å². The van der Waals surface area contributed by atoms with E-state index in [2.05, 4.69) is 52.6 Å². The van der Waals surface area contributed by atoms with Gasteiger partial charge in [-0.25, -0.2) is 4.98 Å². The lowest BCUT2D eigenvalue weighted by atomic mass is 10.1. The van der Waals surface area contributed by atoms with Crippen LogP contribution in [0.5, 0.6) is 11.5 Å². The summed E-state index contributed by atoms with van der Waals surface area (Å²) >= 11 is 0. The standard InChI is InChI=1S/C22H26N4O2/c1-14-6-7-15(2)18(10-14)25-21-11-16(3)24-22(26-21)23-13-17-8-9-19(27-4)20(12-17)28-5/h6-12H,13H2,1-5H3,(H2,23,24,25,26). The fourth-order valence-electron chi connectivity index (χ4n) is 2.89. The SMILES string of the molecule is COc1ccc(CNc2nc(C)cc(Nc3cc(C)ccc3C)n2)cc1OC. The number of hydrogen-bond donors (Lipinski definition) is 2. The van der Waals surface area contributed by atoms with Crippen molar-refractivity contribution in [2.24, 2.45) is 0 Å². The maximum absolute atomic E-state index is 5.36. The largest absolute Gasteiger partial charge is 0.493 e. The molecule has 0 aliphatic heterocycles. The summed E-state index contributed by atoms with van der Waals surface area (Å²) in [5.41, 5.74) is 5.35. The summed E-state index contributed by atoms with van der Waals surface area (Å²) in [6, 6.07) is 14.1. The summed E-state index contributed by atoms with van der Waals surface area (Å²) < 4.78 is 10.6. The van der Waals surface area contributed by atoms with Crippen molar-refractivity contribution < 1.29 is 9.47 Å². The van der Waals surface area contributed by atoms with Gasteiger partial charge in [-0.3, -0.25) is 0 Å². The van der Waals surface area contributed by atoms with E-state index in [4.69, 9.17) is 9.47 Å². The molecule has 0 unspecified atom stereocenters. The van der Waals surface area contributed by atoms with E-state index in [1.807, 2.05) is 31.2 Å². The average Bonchev–Trinajstić information content (AvgIpc) is 2.68. The van der Waals surface area contributed by atoms with Gasteiger partial charge in [0, 0.05) is 24.0 Å². The normalized spacial score (nSPS) is 10.5. The Morgan fingerprint density at radius 2 is 1.64 bits per heavy atom. The van der Waals surface area contributed by atoms with E-state index in [1.165, 1.54) is 11.1 Å². The van der Waals surface area contributed by atoms with Crippen molar-refractivity contribution in [3.8, 4) is 11.5 Å². The van der Waals surface area contributed by atoms with Crippen LogP contribution in [-0.2, 0) is 6.54 Å². The Labute approximate surface area is 166 Å². The number of methoxy groups -OCH3 is 2. The van der Waals surface area contributed by atoms with Crippen LogP contribution in [0.1, 0.15) is 22.4 Å². The average molecular weight is 378 g/mol. The van der Waals surface area contributed by atoms with E-state index >= 15 is 0 Å². The van der Waals surface area contributed by atoms with Gasteiger partial charge in [0.05, 0.1) is 14.2 Å². The van der Waals surface area contributed by atoms with Crippen molar-refractivity contribution in [1.82, 2.24) is 9.97 Å². The van der Waals surface area contributed by atoms with Crippen LogP contribution in [0.2, 0.25) is 0 Å². The van der Waals surface area contributed by atoms with Crippen molar-refractivity contribution >= 4 is 17.5 Å². The minimum absolute atomic E-state index is 0.572. The van der Waals surface area contributed by atoms with Crippen molar-refractivity contribution in [3.05, 3.63) is 64.8 Å². The molecule has 1 heterocycles. The summed E-state index contributed by atoms with van der Waals surface area (Å²) in [5.74, 6) is 2.74. The minimum Gasteiger partial charge on any atom is -0.493 e. The molecule has 0 atom stereocenters. The third kappa shape index (κ3) is 4.71. The van der Waals surface area contributed by atoms with Crippen LogP contribution in [0.15, 0.2) is 42.5 Å². The van der Waals surface area contributed by atoms with Gasteiger partial charge in [0.2, 0.25) is 5.95 Å². The van der Waals surface area contributed by atoms with E-state index in [9.17, 15) is 0 Å². The van der Waals surface area contributed by atoms with Crippen LogP contribution < -0.4 is 20.1 Å². The van der Waals surface area contributed by atoms with Gasteiger partial charge < -0.3 is 20.1 Å². The molecule has 0 spiro atoms. The van der Waals surface area contributed by atoms with Gasteiger partial charge in [-0.1, -0.05) is 18.2 Å². The maximum Gasteiger partial charge on any atom is 0.225 e. The lowest BCUT2D eigenvalue weighted by Gasteiger charge is -2.13. The summed E-state index contributed by atoms with van der Waals surface area (Å²) in [6.45, 7) is 6.68. The first-order chi connectivity index (χ1) is 13.5. The molecule has 0 aliphatic carbocycles. The predicted molar refractivity (Wildman–Crippen MR) is 113 cm³/mol. The maximum atomic E-state index is 5.36. The topological polar surface area (TPSA) is 68.3 Å². The predicted octanol–water partition coefficient (Wildman–Crippen LogP) is 4.77. The zero-order chi connectivity index (χ0) is 20.1. The highest BCUT2D eigenvalue weighted by molar-refractivity contribution is 5.62. The molecular formula is C22H26N4O2. The molecule has 1 aromatic heterocycles. The second-order valence-electron chi connectivity index (χ2n) is 6.70. The second-order valence-corrected chi connectivity index (χ2v) is 6.70. The first-order valence-corrected chi connectivity index (χ1v) is 9.13. The van der Waals surface area contributed by atoms with Crippen LogP contribution in [0.3, 0.4) is 0 Å². The van der Waals surface area contributed by atoms with Crippen LogP contribution in [0, 0.1) is 20.8 Å². The van der Waals surface area contributed by atoms with Gasteiger partial charge >= 0.3 is 0 Å². The first-order valence-electron chi connectivity index (χ1n) is 9.13. The van der Waals surface area contributed by atoms with Gasteiger partial charge in [0.25, 0.3) is 0 Å². The molecule has 2 aromatic carbocycles. The van der Waals surface area contributed by atoms with E-state index in [0.717, 1.165) is 22.8 Å². The fraction of sp³-hybridized carbons (Fsp3) is 0.273.